The highest BCUT2D eigenvalue weighted by Crippen LogP contribution is 2.25. The number of H-pyrrole nitrogens is 1. The minimum absolute atomic E-state index is 0.0767. The lowest BCUT2D eigenvalue weighted by Crippen LogP contribution is -2.65. The second-order valence-electron chi connectivity index (χ2n) is 37.7. The van der Waals surface area contributed by atoms with E-state index in [-0.39, 0.29) is 75.5 Å². The molecule has 3 aromatic carbocycles. The van der Waals surface area contributed by atoms with Crippen molar-refractivity contribution >= 4 is 129 Å². The van der Waals surface area contributed by atoms with Crippen LogP contribution in [0.3, 0.4) is 0 Å². The number of aliphatic hydroxyl groups excluding tert-OH is 1. The van der Waals surface area contributed by atoms with Crippen molar-refractivity contribution in [3.05, 3.63) is 114 Å². The maximum absolute atomic E-state index is 15.6. The van der Waals surface area contributed by atoms with Crippen LogP contribution < -0.4 is 102 Å². The number of carboxylic acids is 1. The molecule has 43 nitrogen and oxygen atoms in total. The van der Waals surface area contributed by atoms with Crippen LogP contribution >= 0.6 is 0 Å². The van der Waals surface area contributed by atoms with E-state index in [9.17, 15) is 82.4 Å². The van der Waals surface area contributed by atoms with Crippen LogP contribution in [0.5, 0.6) is 5.75 Å². The summed E-state index contributed by atoms with van der Waals surface area (Å²) < 4.78 is 0. The zero-order chi connectivity index (χ0) is 106. The van der Waals surface area contributed by atoms with Gasteiger partial charge in [0.1, 0.15) is 76.7 Å². The van der Waals surface area contributed by atoms with Gasteiger partial charge in [0, 0.05) is 62.7 Å². The molecule has 1 aliphatic heterocycles. The van der Waals surface area contributed by atoms with Crippen LogP contribution in [-0.4, -0.2) is 253 Å². The number of nitrogens with two attached hydrogens (primary N) is 3. The summed E-state index contributed by atoms with van der Waals surface area (Å²) in [7, 11) is 1.50. The molecule has 4 aromatic rings. The number of aromatic nitrogens is 1. The number of aliphatic hydroxyl groups is 1. The molecule has 26 N–H and O–H groups in total. The Morgan fingerprint density at radius 3 is 1.70 bits per heavy atom. The van der Waals surface area contributed by atoms with Crippen LogP contribution in [-0.2, 0) is 115 Å². The van der Waals surface area contributed by atoms with E-state index in [1.165, 1.54) is 114 Å². The van der Waals surface area contributed by atoms with Crippen LogP contribution in [0.15, 0.2) is 97.2 Å². The first kappa shape index (κ1) is 120. The zero-order valence-corrected chi connectivity index (χ0v) is 83.7. The number of hydrazine groups is 1. The minimum atomic E-state index is -2.08. The number of carbonyl (C=O) groups excluding carboxylic acids is 19. The first-order valence-electron chi connectivity index (χ1n) is 47.6. The summed E-state index contributed by atoms with van der Waals surface area (Å²) in [5.74, 6) is -21.2. The summed E-state index contributed by atoms with van der Waals surface area (Å²) in [6.45, 7) is 22.5. The highest BCUT2D eigenvalue weighted by Gasteiger charge is 2.44. The van der Waals surface area contributed by atoms with Crippen LogP contribution in [0.4, 0.5) is 0 Å². The van der Waals surface area contributed by atoms with Crippen molar-refractivity contribution in [3.63, 3.8) is 0 Å². The molecule has 778 valence electrons. The Bertz CT molecular complexity index is 5030. The maximum Gasteiger partial charge on any atom is 0.303 e. The number of para-hydroxylation sites is 1. The molecule has 2 heterocycles. The molecule has 0 aliphatic carbocycles. The predicted octanol–water partition coefficient (Wildman–Crippen LogP) is -0.0403. The van der Waals surface area contributed by atoms with Crippen molar-refractivity contribution in [2.45, 2.75) is 328 Å². The average Bonchev–Trinajstić information content (AvgIpc) is 1.08. The number of benzene rings is 3. The number of primary amides is 2. The number of ketones is 4. The van der Waals surface area contributed by atoms with Gasteiger partial charge in [0.25, 0.3) is 0 Å². The van der Waals surface area contributed by atoms with Crippen molar-refractivity contribution in [1.82, 2.24) is 90.3 Å². The van der Waals surface area contributed by atoms with Gasteiger partial charge in [-0.2, -0.15) is 0 Å². The molecular weight excluding hydrogens is 1830 g/mol. The summed E-state index contributed by atoms with van der Waals surface area (Å²) in [5.41, 5.74) is 17.0. The molecule has 1 aliphatic rings. The van der Waals surface area contributed by atoms with Gasteiger partial charge in [-0.1, -0.05) is 120 Å². The summed E-state index contributed by atoms with van der Waals surface area (Å²) in [5, 5.41) is 69.1. The van der Waals surface area contributed by atoms with Crippen LogP contribution in [0.1, 0.15) is 224 Å². The molecule has 5 rings (SSSR count). The third-order valence-electron chi connectivity index (χ3n) is 23.8. The smallest absolute Gasteiger partial charge is 0.303 e. The van der Waals surface area contributed by atoms with E-state index in [1.54, 1.807) is 88.5 Å². The third-order valence-corrected chi connectivity index (χ3v) is 23.8. The first-order valence-corrected chi connectivity index (χ1v) is 47.6. The number of Topliss-reactive ketones (excluding diaryl/α,β-unsaturated/α-hetero) is 4. The lowest BCUT2D eigenvalue weighted by Gasteiger charge is -2.34. The zero-order valence-electron chi connectivity index (χ0n) is 83.7. The number of rotatable bonds is 39. The number of amides is 15. The number of phenolic OH excluding ortho intramolecular Hbond substituents is 1. The normalized spacial score (nSPS) is 21.6. The lowest BCUT2D eigenvalue weighted by molar-refractivity contribution is -0.141. The number of hydrogen-bond acceptors (Lipinski definition) is 26. The number of aromatic amines is 1. The number of carboxylic acid groups (broad SMARTS) is 1. The molecule has 0 radical (unpaired) electrons. The molecule has 0 saturated carbocycles. The van der Waals surface area contributed by atoms with Gasteiger partial charge < -0.3 is 112 Å². The molecule has 0 saturated heterocycles. The van der Waals surface area contributed by atoms with Crippen molar-refractivity contribution in [3.8, 4) is 5.75 Å². The van der Waals surface area contributed by atoms with Crippen LogP contribution in [0.2, 0.25) is 0 Å². The van der Waals surface area contributed by atoms with E-state index in [1.807, 2.05) is 12.2 Å². The Kier molecular flexibility index (Phi) is 49.5. The predicted molar refractivity (Wildman–Crippen MR) is 523 cm³/mol. The Morgan fingerprint density at radius 1 is 0.539 bits per heavy atom. The molecule has 43 heteroatoms. The van der Waals surface area contributed by atoms with E-state index in [0.29, 0.717) is 59.7 Å². The second kappa shape index (κ2) is 58.1. The fourth-order valence-electron chi connectivity index (χ4n) is 15.3. The lowest BCUT2D eigenvalue weighted by atomic mass is 9.89. The Hall–Kier alpha value is -13.3. The van der Waals surface area contributed by atoms with E-state index >= 15 is 28.8 Å². The Labute approximate surface area is 822 Å². The number of aliphatic carboxylic acids is 1. The van der Waals surface area contributed by atoms with Gasteiger partial charge in [0.05, 0.1) is 36.2 Å². The Balaban J connectivity index is 0.0000206. The molecule has 4 unspecified atom stereocenters. The van der Waals surface area contributed by atoms with E-state index in [4.69, 9.17) is 11.5 Å². The molecular formula is C98H148N20O23. The molecule has 17 atom stereocenters. The Morgan fingerprint density at radius 2 is 1.11 bits per heavy atom. The minimum Gasteiger partial charge on any atom is -0.508 e. The number of hydrogen-bond donors (Lipinski definition) is 23. The standard InChI is InChI=1S/C97H143N19O23.CH5N/c1-52(2)45-65-51-101-69(39-41-75(98)120)81(126)79(124)55(6)103-87(132)74(49-64-50-100-68-34-28-27-33-67(64)68)109-88(133)72(48-63-35-37-66(119)38-36-63)108-86(131)70(40-42-76(121)122)111-94(139)97(16,114-90(135)73(47-62-31-25-24-26-32-62)110-91(136)77(60(11)117)112-89(134)71(46-53(3)4)107-61(12)118)44-30-23-21-19-17-18-20-22-29-43-96(15,113-85(65)130)93(138)106-59(10)83(128)102-54(5)78(123)80(125)56(7)115-116-95(13,14)92(137)105-58(9)84(129)104-57(8)82(99)127;1-2/h18,20,24-28,31-38,50,52-60,65,69-74,77,100-101,115-117,119H,17,19,21-23,29-30,39-49,51H2,1-16H3,(H2,98,120)(H2,99,127)(H,102,128)(H,103,132)(H,104,129)(H,105,137)(H,106,138)(H,107,118)(H,108,131)(H,109,133)(H,110,136)(H,111,139)(H,112,134)(H,113,130)(H,114,135)(H,121,122);2H2,1H3/b20-18+;/t54-,55?,56-,57+,58?,59?,60+,65+,69-,70-,71-,72?,73-,74-,77-,96-,97-;/m0./s1. The van der Waals surface area contributed by atoms with Gasteiger partial charge in [-0.05, 0) is 194 Å². The molecule has 141 heavy (non-hydrogen) atoms. The van der Waals surface area contributed by atoms with Crippen LogP contribution in [0.25, 0.3) is 10.9 Å². The molecule has 0 fully saturated rings. The number of phenols is 1. The molecule has 15 amide bonds. The highest BCUT2D eigenvalue weighted by atomic mass is 16.4. The fraction of sp³-hybridized carbons (Fsp3) is 0.571. The summed E-state index contributed by atoms with van der Waals surface area (Å²) >= 11 is 0. The van der Waals surface area contributed by atoms with E-state index < -0.39 is 257 Å². The van der Waals surface area contributed by atoms with Gasteiger partial charge in [-0.25, -0.2) is 10.9 Å². The highest BCUT2D eigenvalue weighted by molar-refractivity contribution is 6.41. The summed E-state index contributed by atoms with van der Waals surface area (Å²) in [4.78, 5) is 284. The number of allylic oxidation sites excluding steroid dienone is 2. The number of aromatic hydroxyl groups is 1. The number of fused-ring (bicyclic) bond motifs is 1. The first-order chi connectivity index (χ1) is 66.1. The molecule has 0 bridgehead atoms. The SMILES string of the molecule is CC(=O)N[C@@H](CC(C)C)C(=O)N[C@H](C(=O)N[C@@H](Cc1ccccc1)C(=O)N[C@@]1(C)CCCCCC/C=C/CCC[C@@](C)(C(=O)NC(C)C(=O)N[C@@H](C)C(=O)C(=O)[C@H](C)NNC(C)(C)C(=O)NC(C)C(=O)N[C@H](C)C(N)=O)NC(=O)[C@H](CC(C)C)CN[C@@H](CCC(N)=O)C(=O)C(=O)C(C)NC(=O)[C@H](Cc2c[nH]c3ccccc23)NC(=O)C(Cc2ccc(O)cc2)NC(=O)[C@H](CCC(=O)O)NC1=O)[C@@H](C)O.CN. The van der Waals surface area contributed by atoms with Crippen molar-refractivity contribution in [2.24, 2.45) is 35.0 Å². The van der Waals surface area contributed by atoms with Gasteiger partial charge in [0.15, 0.2) is 0 Å². The van der Waals surface area contributed by atoms with Gasteiger partial charge >= 0.3 is 5.97 Å². The van der Waals surface area contributed by atoms with Crippen molar-refractivity contribution < 1.29 is 111 Å². The van der Waals surface area contributed by atoms with Gasteiger partial charge in [-0.3, -0.25) is 95.9 Å². The van der Waals surface area contributed by atoms with Crippen molar-refractivity contribution in [2.75, 3.05) is 13.6 Å². The van der Waals surface area contributed by atoms with E-state index in [2.05, 4.69) is 96.0 Å². The summed E-state index contributed by atoms with van der Waals surface area (Å²) in [6, 6.07) is 1.11. The maximum atomic E-state index is 15.6. The summed E-state index contributed by atoms with van der Waals surface area (Å²) in [6.07, 6.45) is 2.79. The van der Waals surface area contributed by atoms with Gasteiger partial charge in [-0.15, -0.1) is 0 Å². The third kappa shape index (κ3) is 40.1. The topological polar surface area (TPSA) is 688 Å². The quantitative estimate of drug-likeness (QED) is 0.0158. The average molecular weight is 1970 g/mol. The largest absolute Gasteiger partial charge is 0.508 e. The van der Waals surface area contributed by atoms with E-state index in [0.717, 1.165) is 0 Å². The van der Waals surface area contributed by atoms with Crippen molar-refractivity contribution in [1.29, 1.82) is 0 Å². The second-order valence-corrected chi connectivity index (χ2v) is 37.7. The molecule has 0 spiro atoms. The number of carbonyl (C=O) groups is 20. The van der Waals surface area contributed by atoms with Crippen LogP contribution in [0, 0.1) is 17.8 Å². The number of nitrogens with one attached hydrogen (secondary N) is 17. The van der Waals surface area contributed by atoms with Gasteiger partial charge in [0.2, 0.25) is 112 Å². The monoisotopic (exact) mass is 1970 g/mol. The molecule has 1 aromatic heterocycles. The fourth-order valence-corrected chi connectivity index (χ4v) is 15.3.